The molecule has 5 nitrogen and oxygen atoms in total. The van der Waals surface area contributed by atoms with Gasteiger partial charge in [-0.1, -0.05) is 13.3 Å². The van der Waals surface area contributed by atoms with Crippen LogP contribution in [-0.2, 0) is 11.2 Å². The monoisotopic (exact) mass is 276 g/mol. The lowest BCUT2D eigenvalue weighted by Crippen LogP contribution is -2.22. The first kappa shape index (κ1) is 14.1. The number of benzene rings is 1. The van der Waals surface area contributed by atoms with E-state index in [0.717, 1.165) is 23.8 Å². The molecule has 5 heteroatoms. The third-order valence-corrected chi connectivity index (χ3v) is 2.98. The molecule has 1 N–H and O–H groups in total. The number of carbonyl (C=O) groups is 1. The molecule has 0 unspecified atom stereocenters. The summed E-state index contributed by atoms with van der Waals surface area (Å²) >= 11 is 0. The van der Waals surface area contributed by atoms with Crippen molar-refractivity contribution in [2.75, 3.05) is 0 Å². The van der Waals surface area contributed by atoms with Crippen LogP contribution < -0.4 is 10.4 Å². The van der Waals surface area contributed by atoms with E-state index in [4.69, 9.17) is 14.3 Å². The number of ether oxygens (including phenoxy) is 1. The molecule has 0 saturated heterocycles. The van der Waals surface area contributed by atoms with Crippen molar-refractivity contribution in [3.05, 3.63) is 40.2 Å². The molecular formula is C15H16O5. The highest BCUT2D eigenvalue weighted by Gasteiger charge is 2.13. The van der Waals surface area contributed by atoms with Crippen molar-refractivity contribution in [1.82, 2.24) is 0 Å². The van der Waals surface area contributed by atoms with Crippen LogP contribution in [0.5, 0.6) is 5.75 Å². The molecule has 1 atom stereocenters. The van der Waals surface area contributed by atoms with E-state index in [1.54, 1.807) is 18.2 Å². The van der Waals surface area contributed by atoms with Gasteiger partial charge in [-0.05, 0) is 31.0 Å². The Bertz CT molecular complexity index is 686. The molecule has 0 bridgehead atoms. The quantitative estimate of drug-likeness (QED) is 0.849. The Morgan fingerprint density at radius 1 is 1.40 bits per heavy atom. The number of rotatable bonds is 5. The number of hydrogen-bond acceptors (Lipinski definition) is 4. The second-order valence-corrected chi connectivity index (χ2v) is 4.60. The van der Waals surface area contributed by atoms with Gasteiger partial charge in [0.1, 0.15) is 11.3 Å². The summed E-state index contributed by atoms with van der Waals surface area (Å²) in [7, 11) is 0. The van der Waals surface area contributed by atoms with Gasteiger partial charge in [-0.25, -0.2) is 9.59 Å². The molecule has 2 rings (SSSR count). The summed E-state index contributed by atoms with van der Waals surface area (Å²) in [6, 6.07) is 6.51. The van der Waals surface area contributed by atoms with Crippen molar-refractivity contribution in [3.63, 3.8) is 0 Å². The van der Waals surface area contributed by atoms with Crippen molar-refractivity contribution >= 4 is 16.9 Å². The maximum Gasteiger partial charge on any atom is 0.344 e. The highest BCUT2D eigenvalue weighted by molar-refractivity contribution is 5.81. The fourth-order valence-corrected chi connectivity index (χ4v) is 2.01. The topological polar surface area (TPSA) is 76.7 Å². The molecular weight excluding hydrogens is 260 g/mol. The van der Waals surface area contributed by atoms with Gasteiger partial charge >= 0.3 is 11.6 Å². The third-order valence-electron chi connectivity index (χ3n) is 2.98. The van der Waals surface area contributed by atoms with E-state index in [9.17, 15) is 9.59 Å². The standard InChI is InChI=1S/C15H16O5/c1-3-4-10-7-14(16)20-13-8-11(5-6-12(10)13)19-9(2)15(17)18/h5-9H,3-4H2,1-2H3,(H,17,18)/t9-/m1/s1. The minimum atomic E-state index is -1.05. The van der Waals surface area contributed by atoms with Crippen LogP contribution in [0.25, 0.3) is 11.0 Å². The van der Waals surface area contributed by atoms with Crippen LogP contribution >= 0.6 is 0 Å². The van der Waals surface area contributed by atoms with E-state index < -0.39 is 17.7 Å². The van der Waals surface area contributed by atoms with E-state index in [0.29, 0.717) is 11.3 Å². The van der Waals surface area contributed by atoms with Crippen molar-refractivity contribution in [2.45, 2.75) is 32.8 Å². The van der Waals surface area contributed by atoms with Gasteiger partial charge in [-0.3, -0.25) is 0 Å². The fraction of sp³-hybridized carbons (Fsp3) is 0.333. The van der Waals surface area contributed by atoms with Crippen LogP contribution in [0.3, 0.4) is 0 Å². The first-order valence-corrected chi connectivity index (χ1v) is 6.47. The molecule has 0 saturated carbocycles. The molecule has 1 aromatic carbocycles. The van der Waals surface area contributed by atoms with Gasteiger partial charge in [0, 0.05) is 17.5 Å². The molecule has 106 valence electrons. The molecule has 0 aliphatic carbocycles. The van der Waals surface area contributed by atoms with Gasteiger partial charge in [0.25, 0.3) is 0 Å². The minimum Gasteiger partial charge on any atom is -0.479 e. The van der Waals surface area contributed by atoms with Crippen LogP contribution in [0.2, 0.25) is 0 Å². The van der Waals surface area contributed by atoms with Crippen LogP contribution in [0.1, 0.15) is 25.8 Å². The summed E-state index contributed by atoms with van der Waals surface area (Å²) in [5.74, 6) is -0.685. The number of carboxylic acid groups (broad SMARTS) is 1. The van der Waals surface area contributed by atoms with E-state index in [1.807, 2.05) is 6.92 Å². The number of hydrogen-bond donors (Lipinski definition) is 1. The predicted molar refractivity (Wildman–Crippen MR) is 74.2 cm³/mol. The second kappa shape index (κ2) is 5.77. The lowest BCUT2D eigenvalue weighted by Gasteiger charge is -2.11. The molecule has 0 aliphatic rings. The minimum absolute atomic E-state index is 0.365. The summed E-state index contributed by atoms with van der Waals surface area (Å²) in [6.07, 6.45) is 0.749. The summed E-state index contributed by atoms with van der Waals surface area (Å²) in [5.41, 5.74) is 0.928. The Labute approximate surface area is 115 Å². The second-order valence-electron chi connectivity index (χ2n) is 4.60. The molecule has 1 aromatic heterocycles. The summed E-state index contributed by atoms with van der Waals surface area (Å²) in [5, 5.41) is 9.67. The lowest BCUT2D eigenvalue weighted by atomic mass is 10.1. The maximum absolute atomic E-state index is 11.5. The van der Waals surface area contributed by atoms with Gasteiger partial charge in [-0.2, -0.15) is 0 Å². The van der Waals surface area contributed by atoms with E-state index in [1.165, 1.54) is 13.0 Å². The van der Waals surface area contributed by atoms with Gasteiger partial charge in [-0.15, -0.1) is 0 Å². The Balaban J connectivity index is 2.44. The summed E-state index contributed by atoms with van der Waals surface area (Å²) in [6.45, 7) is 3.47. The van der Waals surface area contributed by atoms with Crippen LogP contribution in [0, 0.1) is 0 Å². The summed E-state index contributed by atoms with van der Waals surface area (Å²) < 4.78 is 10.4. The SMILES string of the molecule is CCCc1cc(=O)oc2cc(O[C@H](C)C(=O)O)ccc12. The smallest absolute Gasteiger partial charge is 0.344 e. The fourth-order valence-electron chi connectivity index (χ4n) is 2.01. The number of aliphatic carboxylic acids is 1. The van der Waals surface area contributed by atoms with E-state index >= 15 is 0 Å². The van der Waals surface area contributed by atoms with Crippen LogP contribution in [0.4, 0.5) is 0 Å². The Kier molecular flexibility index (Phi) is 4.08. The molecule has 0 radical (unpaired) electrons. The maximum atomic E-state index is 11.5. The van der Waals surface area contributed by atoms with E-state index in [-0.39, 0.29) is 0 Å². The molecule has 0 fully saturated rings. The average Bonchev–Trinajstić information content (AvgIpc) is 2.38. The predicted octanol–water partition coefficient (Wildman–Crippen LogP) is 2.60. The van der Waals surface area contributed by atoms with Gasteiger partial charge in [0.2, 0.25) is 0 Å². The summed E-state index contributed by atoms with van der Waals surface area (Å²) in [4.78, 5) is 22.3. The first-order valence-electron chi connectivity index (χ1n) is 6.47. The van der Waals surface area contributed by atoms with Crippen molar-refractivity contribution < 1.29 is 19.1 Å². The average molecular weight is 276 g/mol. The van der Waals surface area contributed by atoms with Crippen molar-refractivity contribution in [1.29, 1.82) is 0 Å². The molecule has 0 aliphatic heterocycles. The third kappa shape index (κ3) is 2.99. The van der Waals surface area contributed by atoms with Crippen LogP contribution in [0.15, 0.2) is 33.5 Å². The van der Waals surface area contributed by atoms with E-state index in [2.05, 4.69) is 0 Å². The number of carboxylic acids is 1. The van der Waals surface area contributed by atoms with Gasteiger partial charge in [0.15, 0.2) is 6.10 Å². The van der Waals surface area contributed by atoms with Crippen molar-refractivity contribution in [2.24, 2.45) is 0 Å². The Morgan fingerprint density at radius 2 is 2.15 bits per heavy atom. The Morgan fingerprint density at radius 3 is 2.80 bits per heavy atom. The van der Waals surface area contributed by atoms with Crippen LogP contribution in [-0.4, -0.2) is 17.2 Å². The zero-order chi connectivity index (χ0) is 14.7. The normalized spacial score (nSPS) is 12.3. The van der Waals surface area contributed by atoms with Gasteiger partial charge < -0.3 is 14.3 Å². The highest BCUT2D eigenvalue weighted by atomic mass is 16.5. The highest BCUT2D eigenvalue weighted by Crippen LogP contribution is 2.24. The lowest BCUT2D eigenvalue weighted by molar-refractivity contribution is -0.144. The van der Waals surface area contributed by atoms with Gasteiger partial charge in [0.05, 0.1) is 0 Å². The largest absolute Gasteiger partial charge is 0.479 e. The molecule has 0 amide bonds. The number of fused-ring (bicyclic) bond motifs is 1. The number of aryl methyl sites for hydroxylation is 1. The zero-order valence-electron chi connectivity index (χ0n) is 11.4. The zero-order valence-corrected chi connectivity index (χ0v) is 11.4. The Hall–Kier alpha value is -2.30. The molecule has 2 aromatic rings. The molecule has 20 heavy (non-hydrogen) atoms. The molecule has 0 spiro atoms. The molecule has 1 heterocycles. The first-order chi connectivity index (χ1) is 9.51. The van der Waals surface area contributed by atoms with Crippen molar-refractivity contribution in [3.8, 4) is 5.75 Å².